The lowest BCUT2D eigenvalue weighted by Crippen LogP contribution is -2.50. The first-order valence-corrected chi connectivity index (χ1v) is 13.0. The van der Waals surface area contributed by atoms with E-state index in [1.165, 1.54) is 19.3 Å². The third-order valence-corrected chi connectivity index (χ3v) is 8.14. The van der Waals surface area contributed by atoms with Crippen LogP contribution in [0.15, 0.2) is 42.5 Å². The molecule has 2 aromatic rings. The number of nitrogens with zero attached hydrogens (tertiary/aromatic N) is 2. The smallest absolute Gasteiger partial charge is 0.254 e. The number of likely N-dealkylation sites (tertiary alicyclic amines) is 2. The van der Waals surface area contributed by atoms with Crippen molar-refractivity contribution in [1.82, 2.24) is 15.1 Å². The van der Waals surface area contributed by atoms with Crippen LogP contribution in [0.4, 0.5) is 0 Å². The molecule has 2 amide bonds. The zero-order chi connectivity index (χ0) is 22.6. The molecule has 3 aliphatic rings. The lowest BCUT2D eigenvalue weighted by atomic mass is 9.91. The van der Waals surface area contributed by atoms with E-state index < -0.39 is 0 Å². The molecule has 5 nitrogen and oxygen atoms in total. The molecule has 0 unspecified atom stereocenters. The fourth-order valence-electron chi connectivity index (χ4n) is 6.11. The highest BCUT2D eigenvalue weighted by Gasteiger charge is 2.32. The van der Waals surface area contributed by atoms with Crippen molar-refractivity contribution in [3.05, 3.63) is 48.0 Å². The molecule has 0 aromatic heterocycles. The minimum absolute atomic E-state index is 0.156. The molecule has 5 rings (SSSR count). The maximum Gasteiger partial charge on any atom is 0.254 e. The summed E-state index contributed by atoms with van der Waals surface area (Å²) in [5.74, 6) is 0.622. The van der Waals surface area contributed by atoms with Crippen molar-refractivity contribution in [2.24, 2.45) is 5.92 Å². The molecule has 33 heavy (non-hydrogen) atoms. The van der Waals surface area contributed by atoms with Crippen molar-refractivity contribution < 1.29 is 9.59 Å². The average Bonchev–Trinajstić information content (AvgIpc) is 2.89. The molecule has 2 heterocycles. The summed E-state index contributed by atoms with van der Waals surface area (Å²) in [7, 11) is 0. The van der Waals surface area contributed by atoms with Crippen molar-refractivity contribution in [2.45, 2.75) is 69.9 Å². The molecular weight excluding hydrogens is 410 g/mol. The van der Waals surface area contributed by atoms with E-state index in [1.807, 2.05) is 35.2 Å². The zero-order valence-corrected chi connectivity index (χ0v) is 19.7. The van der Waals surface area contributed by atoms with E-state index in [2.05, 4.69) is 22.3 Å². The van der Waals surface area contributed by atoms with E-state index in [4.69, 9.17) is 0 Å². The summed E-state index contributed by atoms with van der Waals surface area (Å²) in [5.41, 5.74) is 0.816. The summed E-state index contributed by atoms with van der Waals surface area (Å²) in [6.07, 6.45) is 10.1. The highest BCUT2D eigenvalue weighted by atomic mass is 16.2. The molecule has 1 N–H and O–H groups in total. The van der Waals surface area contributed by atoms with Gasteiger partial charge < -0.3 is 15.1 Å². The Labute approximate surface area is 197 Å². The second-order valence-electron chi connectivity index (χ2n) is 10.2. The summed E-state index contributed by atoms with van der Waals surface area (Å²) in [4.78, 5) is 30.6. The van der Waals surface area contributed by atoms with Crippen LogP contribution in [0, 0.1) is 5.92 Å². The molecular formula is C28H37N3O2. The number of piperidine rings is 2. The minimum Gasteiger partial charge on any atom is -0.353 e. The van der Waals surface area contributed by atoms with E-state index in [-0.39, 0.29) is 17.7 Å². The van der Waals surface area contributed by atoms with Crippen LogP contribution < -0.4 is 5.32 Å². The Morgan fingerprint density at radius 1 is 0.758 bits per heavy atom. The number of benzene rings is 2. The number of amides is 2. The Morgan fingerprint density at radius 3 is 2.21 bits per heavy atom. The van der Waals surface area contributed by atoms with Crippen LogP contribution in [0.5, 0.6) is 0 Å². The van der Waals surface area contributed by atoms with Crippen LogP contribution in [-0.2, 0) is 4.79 Å². The monoisotopic (exact) mass is 447 g/mol. The van der Waals surface area contributed by atoms with Crippen LogP contribution in [0.25, 0.3) is 10.8 Å². The first-order valence-electron chi connectivity index (χ1n) is 13.0. The first kappa shape index (κ1) is 22.4. The van der Waals surface area contributed by atoms with E-state index >= 15 is 0 Å². The van der Waals surface area contributed by atoms with Gasteiger partial charge in [-0.1, -0.05) is 55.7 Å². The molecule has 2 aromatic carbocycles. The highest BCUT2D eigenvalue weighted by molar-refractivity contribution is 6.07. The van der Waals surface area contributed by atoms with Gasteiger partial charge in [-0.25, -0.2) is 0 Å². The number of carbonyl (C=O) groups is 2. The Hall–Kier alpha value is -2.40. The predicted molar refractivity (Wildman–Crippen MR) is 132 cm³/mol. The van der Waals surface area contributed by atoms with Crippen molar-refractivity contribution in [3.8, 4) is 0 Å². The molecule has 2 aliphatic heterocycles. The van der Waals surface area contributed by atoms with Crippen LogP contribution in [0.3, 0.4) is 0 Å². The lowest BCUT2D eigenvalue weighted by Gasteiger charge is -2.41. The normalized spacial score (nSPS) is 21.9. The van der Waals surface area contributed by atoms with E-state index in [0.717, 1.165) is 81.0 Å². The van der Waals surface area contributed by atoms with Crippen LogP contribution in [0.2, 0.25) is 0 Å². The number of rotatable bonds is 4. The summed E-state index contributed by atoms with van der Waals surface area (Å²) in [6, 6.07) is 15.1. The molecule has 0 radical (unpaired) electrons. The second kappa shape index (κ2) is 10.3. The van der Waals surface area contributed by atoms with Gasteiger partial charge in [0, 0.05) is 36.7 Å². The van der Waals surface area contributed by atoms with Gasteiger partial charge in [0.1, 0.15) is 0 Å². The van der Waals surface area contributed by atoms with Gasteiger partial charge >= 0.3 is 0 Å². The van der Waals surface area contributed by atoms with Gasteiger partial charge in [0.25, 0.3) is 5.91 Å². The van der Waals surface area contributed by atoms with Gasteiger partial charge in [0.2, 0.25) is 5.91 Å². The van der Waals surface area contributed by atoms with E-state index in [0.29, 0.717) is 12.1 Å². The maximum absolute atomic E-state index is 13.2. The van der Waals surface area contributed by atoms with E-state index in [1.54, 1.807) is 0 Å². The standard InChI is InChI=1S/C28H37N3O2/c32-27(29-23-9-2-1-3-10-23)22-13-17-30(18-14-22)24-15-19-31(20-16-24)28(33)26-12-6-8-21-7-4-5-11-25(21)26/h4-8,11-12,22-24H,1-3,9-10,13-20H2,(H,29,32). The van der Waals surface area contributed by atoms with Gasteiger partial charge in [-0.3, -0.25) is 9.59 Å². The highest BCUT2D eigenvalue weighted by Crippen LogP contribution is 2.27. The van der Waals surface area contributed by atoms with Gasteiger partial charge in [0.05, 0.1) is 0 Å². The number of fused-ring (bicyclic) bond motifs is 1. The zero-order valence-electron chi connectivity index (χ0n) is 19.7. The van der Waals surface area contributed by atoms with Gasteiger partial charge in [0.15, 0.2) is 0 Å². The second-order valence-corrected chi connectivity index (χ2v) is 10.2. The molecule has 176 valence electrons. The van der Waals surface area contributed by atoms with Crippen molar-refractivity contribution in [3.63, 3.8) is 0 Å². The Kier molecular flexibility index (Phi) is 6.96. The topological polar surface area (TPSA) is 52.7 Å². The number of nitrogens with one attached hydrogen (secondary N) is 1. The number of carbonyl (C=O) groups excluding carboxylic acids is 2. The van der Waals surface area contributed by atoms with Gasteiger partial charge in [-0.15, -0.1) is 0 Å². The Morgan fingerprint density at radius 2 is 1.45 bits per heavy atom. The molecule has 1 saturated carbocycles. The quantitative estimate of drug-likeness (QED) is 0.745. The summed E-state index contributed by atoms with van der Waals surface area (Å²) in [5, 5.41) is 5.49. The van der Waals surface area contributed by atoms with Crippen LogP contribution in [0.1, 0.15) is 68.1 Å². The van der Waals surface area contributed by atoms with Crippen LogP contribution in [-0.4, -0.2) is 59.9 Å². The molecule has 0 atom stereocenters. The summed E-state index contributed by atoms with van der Waals surface area (Å²) >= 11 is 0. The van der Waals surface area contributed by atoms with Crippen molar-refractivity contribution >= 4 is 22.6 Å². The Balaban J connectivity index is 1.11. The summed E-state index contributed by atoms with van der Waals surface area (Å²) < 4.78 is 0. The SMILES string of the molecule is O=C(NC1CCCCC1)C1CCN(C2CCN(C(=O)c3cccc4ccccc34)CC2)CC1. The third-order valence-electron chi connectivity index (χ3n) is 8.14. The van der Waals surface area contributed by atoms with E-state index in [9.17, 15) is 9.59 Å². The van der Waals surface area contributed by atoms with Crippen LogP contribution >= 0.6 is 0 Å². The molecule has 0 spiro atoms. The third kappa shape index (κ3) is 5.08. The minimum atomic E-state index is 0.156. The van der Waals surface area contributed by atoms with Crippen molar-refractivity contribution in [1.29, 1.82) is 0 Å². The lowest BCUT2D eigenvalue weighted by molar-refractivity contribution is -0.127. The fraction of sp³-hybridized carbons (Fsp3) is 0.571. The fourth-order valence-corrected chi connectivity index (χ4v) is 6.11. The number of hydrogen-bond acceptors (Lipinski definition) is 3. The van der Waals surface area contributed by atoms with Gasteiger partial charge in [-0.05, 0) is 68.5 Å². The molecule has 3 fully saturated rings. The molecule has 5 heteroatoms. The summed E-state index contributed by atoms with van der Waals surface area (Å²) in [6.45, 7) is 3.64. The maximum atomic E-state index is 13.2. The first-order chi connectivity index (χ1) is 16.2. The largest absolute Gasteiger partial charge is 0.353 e. The molecule has 1 aliphatic carbocycles. The Bertz CT molecular complexity index is 963. The molecule has 0 bridgehead atoms. The average molecular weight is 448 g/mol. The number of hydrogen-bond donors (Lipinski definition) is 1. The van der Waals surface area contributed by atoms with Gasteiger partial charge in [-0.2, -0.15) is 0 Å². The van der Waals surface area contributed by atoms with Crippen molar-refractivity contribution in [2.75, 3.05) is 26.2 Å². The molecule has 2 saturated heterocycles. The predicted octanol–water partition coefficient (Wildman–Crippen LogP) is 4.61.